The fraction of sp³-hybridized carbons (Fsp3) is 0.167. The van der Waals surface area contributed by atoms with Crippen LogP contribution in [-0.2, 0) is 9.59 Å². The number of nitrogens with one attached hydrogen (secondary N) is 1. The summed E-state index contributed by atoms with van der Waals surface area (Å²) in [6.45, 7) is 0. The number of hydrogen-bond acceptors (Lipinski definition) is 5. The second-order valence-corrected chi connectivity index (χ2v) is 4.88. The minimum Gasteiger partial charge on any atom is -0.481 e. The molecule has 7 nitrogen and oxygen atoms in total. The minimum atomic E-state index is -1.46. The number of nitrogens with zero attached hydrogens (tertiary/aromatic N) is 1. The molecule has 0 bridgehead atoms. The summed E-state index contributed by atoms with van der Waals surface area (Å²) in [5, 5.41) is 19.7. The topological polar surface area (TPSA) is 117 Å². The Balaban J connectivity index is 2.17. The number of fused-ring (bicyclic) bond motifs is 1. The predicted octanol–water partition coefficient (Wildman–Crippen LogP) is 0.954. The van der Waals surface area contributed by atoms with E-state index in [1.807, 2.05) is 0 Å². The van der Waals surface area contributed by atoms with Crippen molar-refractivity contribution < 1.29 is 24.6 Å². The molecule has 1 heterocycles. The van der Waals surface area contributed by atoms with Crippen molar-refractivity contribution in [3.8, 4) is 0 Å². The molecule has 1 aromatic heterocycles. The van der Waals surface area contributed by atoms with Crippen LogP contribution in [0.4, 0.5) is 0 Å². The van der Waals surface area contributed by atoms with Crippen molar-refractivity contribution in [2.24, 2.45) is 0 Å². The van der Waals surface area contributed by atoms with Gasteiger partial charge in [-0.15, -0.1) is 11.3 Å². The zero-order chi connectivity index (χ0) is 14.7. The van der Waals surface area contributed by atoms with Crippen LogP contribution in [0.3, 0.4) is 0 Å². The maximum Gasteiger partial charge on any atom is 0.326 e. The third-order valence-electron chi connectivity index (χ3n) is 2.58. The Morgan fingerprint density at radius 3 is 2.70 bits per heavy atom. The maximum atomic E-state index is 11.9. The van der Waals surface area contributed by atoms with Crippen LogP contribution in [0.2, 0.25) is 0 Å². The molecule has 0 radical (unpaired) electrons. The van der Waals surface area contributed by atoms with E-state index in [0.29, 0.717) is 0 Å². The first-order chi connectivity index (χ1) is 9.47. The summed E-state index contributed by atoms with van der Waals surface area (Å²) in [6.07, 6.45) is -0.677. The Hall–Kier alpha value is -2.48. The van der Waals surface area contributed by atoms with Crippen LogP contribution in [0.25, 0.3) is 10.2 Å². The number of carboxylic acids is 2. The van der Waals surface area contributed by atoms with Gasteiger partial charge in [-0.05, 0) is 18.2 Å². The number of rotatable bonds is 5. The Kier molecular flexibility index (Phi) is 3.94. The Morgan fingerprint density at radius 2 is 2.05 bits per heavy atom. The summed E-state index contributed by atoms with van der Waals surface area (Å²) >= 11 is 1.35. The van der Waals surface area contributed by atoms with Crippen LogP contribution in [-0.4, -0.2) is 39.1 Å². The number of carbonyl (C=O) groups is 3. The number of aliphatic carboxylic acids is 2. The van der Waals surface area contributed by atoms with Gasteiger partial charge in [-0.2, -0.15) is 0 Å². The molecule has 1 aromatic carbocycles. The Bertz CT molecular complexity index is 681. The van der Waals surface area contributed by atoms with Gasteiger partial charge in [0.2, 0.25) is 0 Å². The SMILES string of the molecule is O=C(O)C[C@H](NC(=O)c1ccc2ncsc2c1)C(=O)O. The fourth-order valence-corrected chi connectivity index (χ4v) is 2.33. The van der Waals surface area contributed by atoms with E-state index in [1.165, 1.54) is 17.4 Å². The van der Waals surface area contributed by atoms with Crippen molar-refractivity contribution in [3.63, 3.8) is 0 Å². The second-order valence-electron chi connectivity index (χ2n) is 4.00. The van der Waals surface area contributed by atoms with Gasteiger partial charge < -0.3 is 15.5 Å². The van der Waals surface area contributed by atoms with Gasteiger partial charge in [-0.1, -0.05) is 0 Å². The van der Waals surface area contributed by atoms with Crippen molar-refractivity contribution in [1.82, 2.24) is 10.3 Å². The van der Waals surface area contributed by atoms with Crippen molar-refractivity contribution in [2.45, 2.75) is 12.5 Å². The van der Waals surface area contributed by atoms with Crippen LogP contribution in [0.5, 0.6) is 0 Å². The molecule has 1 amide bonds. The molecule has 8 heteroatoms. The summed E-state index contributed by atoms with van der Waals surface area (Å²) in [4.78, 5) is 37.4. The van der Waals surface area contributed by atoms with Gasteiger partial charge in [0.15, 0.2) is 0 Å². The van der Waals surface area contributed by atoms with Gasteiger partial charge >= 0.3 is 11.9 Å². The number of benzene rings is 1. The number of hydrogen-bond donors (Lipinski definition) is 3. The summed E-state index contributed by atoms with van der Waals surface area (Å²) in [6, 6.07) is 3.28. The molecule has 0 fully saturated rings. The van der Waals surface area contributed by atoms with E-state index in [2.05, 4.69) is 10.3 Å². The first-order valence-electron chi connectivity index (χ1n) is 5.56. The molecule has 0 aliphatic rings. The molecule has 2 aromatic rings. The van der Waals surface area contributed by atoms with Gasteiger partial charge in [0.1, 0.15) is 6.04 Å². The van der Waals surface area contributed by atoms with Gasteiger partial charge in [-0.3, -0.25) is 9.59 Å². The predicted molar refractivity (Wildman–Crippen MR) is 70.8 cm³/mol. The van der Waals surface area contributed by atoms with Crippen molar-refractivity contribution in [2.75, 3.05) is 0 Å². The lowest BCUT2D eigenvalue weighted by molar-refractivity contribution is -0.145. The van der Waals surface area contributed by atoms with E-state index in [4.69, 9.17) is 10.2 Å². The van der Waals surface area contributed by atoms with E-state index >= 15 is 0 Å². The van der Waals surface area contributed by atoms with E-state index in [0.717, 1.165) is 10.2 Å². The molecular formula is C12H10N2O5S. The number of carboxylic acid groups (broad SMARTS) is 2. The molecule has 0 aliphatic heterocycles. The first kappa shape index (κ1) is 13.9. The highest BCUT2D eigenvalue weighted by molar-refractivity contribution is 7.16. The molecule has 1 atom stereocenters. The quantitative estimate of drug-likeness (QED) is 0.756. The van der Waals surface area contributed by atoms with Crippen LogP contribution in [0.15, 0.2) is 23.7 Å². The highest BCUT2D eigenvalue weighted by atomic mass is 32.1. The van der Waals surface area contributed by atoms with Crippen LogP contribution >= 0.6 is 11.3 Å². The van der Waals surface area contributed by atoms with Crippen molar-refractivity contribution >= 4 is 39.4 Å². The Morgan fingerprint density at radius 1 is 1.30 bits per heavy atom. The van der Waals surface area contributed by atoms with Gasteiger partial charge in [-0.25, -0.2) is 9.78 Å². The monoisotopic (exact) mass is 294 g/mol. The maximum absolute atomic E-state index is 11.9. The van der Waals surface area contributed by atoms with Crippen molar-refractivity contribution in [1.29, 1.82) is 0 Å². The lowest BCUT2D eigenvalue weighted by Crippen LogP contribution is -2.42. The average Bonchev–Trinajstić information content (AvgIpc) is 2.84. The van der Waals surface area contributed by atoms with E-state index < -0.39 is 30.3 Å². The summed E-state index contributed by atoms with van der Waals surface area (Å²) < 4.78 is 0.794. The standard InChI is InChI=1S/C12H10N2O5S/c15-10(16)4-8(12(18)19)14-11(17)6-1-2-7-9(3-6)20-5-13-7/h1-3,5,8H,4H2,(H,14,17)(H,15,16)(H,18,19)/t8-/m0/s1. The van der Waals surface area contributed by atoms with Gasteiger partial charge in [0.05, 0.1) is 22.1 Å². The van der Waals surface area contributed by atoms with Gasteiger partial charge in [0.25, 0.3) is 5.91 Å². The molecule has 0 saturated heterocycles. The Labute approximate surface area is 116 Å². The molecule has 3 N–H and O–H groups in total. The first-order valence-corrected chi connectivity index (χ1v) is 6.44. The highest BCUT2D eigenvalue weighted by Crippen LogP contribution is 2.19. The zero-order valence-corrected chi connectivity index (χ0v) is 10.9. The molecule has 2 rings (SSSR count). The minimum absolute atomic E-state index is 0.262. The number of carbonyl (C=O) groups excluding carboxylic acids is 1. The highest BCUT2D eigenvalue weighted by Gasteiger charge is 2.23. The molecular weight excluding hydrogens is 284 g/mol. The number of aromatic nitrogens is 1. The molecule has 0 saturated carbocycles. The molecule has 104 valence electrons. The number of thiazole rings is 1. The molecule has 0 spiro atoms. The largest absolute Gasteiger partial charge is 0.481 e. The smallest absolute Gasteiger partial charge is 0.326 e. The lowest BCUT2D eigenvalue weighted by Gasteiger charge is -2.12. The normalized spacial score (nSPS) is 12.0. The van der Waals surface area contributed by atoms with Gasteiger partial charge in [0, 0.05) is 5.56 Å². The van der Waals surface area contributed by atoms with E-state index in [9.17, 15) is 14.4 Å². The number of amides is 1. The third kappa shape index (κ3) is 3.09. The third-order valence-corrected chi connectivity index (χ3v) is 3.37. The fourth-order valence-electron chi connectivity index (χ4n) is 1.61. The zero-order valence-electron chi connectivity index (χ0n) is 10.1. The van der Waals surface area contributed by atoms with E-state index in [1.54, 1.807) is 17.6 Å². The lowest BCUT2D eigenvalue weighted by atomic mass is 10.1. The van der Waals surface area contributed by atoms with E-state index in [-0.39, 0.29) is 5.56 Å². The molecule has 0 aliphatic carbocycles. The van der Waals surface area contributed by atoms with Crippen molar-refractivity contribution in [3.05, 3.63) is 29.3 Å². The molecule has 0 unspecified atom stereocenters. The summed E-state index contributed by atoms with van der Waals surface area (Å²) in [5.74, 6) is -3.32. The second kappa shape index (κ2) is 5.66. The van der Waals surface area contributed by atoms with Crippen LogP contribution < -0.4 is 5.32 Å². The summed E-state index contributed by atoms with van der Waals surface area (Å²) in [5.41, 5.74) is 2.64. The van der Waals surface area contributed by atoms with Crippen LogP contribution in [0.1, 0.15) is 16.8 Å². The summed E-state index contributed by atoms with van der Waals surface area (Å²) in [7, 11) is 0. The molecule has 20 heavy (non-hydrogen) atoms. The average molecular weight is 294 g/mol. The van der Waals surface area contributed by atoms with Crippen LogP contribution in [0, 0.1) is 0 Å².